The number of nitrogens with zero attached hydrogens (tertiary/aromatic N) is 3. The van der Waals surface area contributed by atoms with E-state index >= 15 is 0 Å². The molecule has 0 aliphatic heterocycles. The van der Waals surface area contributed by atoms with E-state index in [1.165, 1.54) is 25.2 Å². The maximum atomic E-state index is 11.3. The smallest absolute Gasteiger partial charge is 0.325 e. The number of rotatable bonds is 5. The first-order valence-electron chi connectivity index (χ1n) is 5.05. The predicted octanol–water partition coefficient (Wildman–Crippen LogP) is 0.936. The molecule has 0 aromatic carbocycles. The average Bonchev–Trinajstić information content (AvgIpc) is 2.40. The Hall–Kier alpha value is -1.60. The fourth-order valence-corrected chi connectivity index (χ4v) is 1.59. The lowest BCUT2D eigenvalue weighted by molar-refractivity contribution is -0.140. The van der Waals surface area contributed by atoms with E-state index in [0.717, 1.165) is 0 Å². The van der Waals surface area contributed by atoms with Gasteiger partial charge in [0.2, 0.25) is 0 Å². The lowest BCUT2D eigenvalue weighted by Gasteiger charge is -2.22. The predicted molar refractivity (Wildman–Crippen MR) is 68.3 cm³/mol. The first-order chi connectivity index (χ1) is 8.97. The van der Waals surface area contributed by atoms with Gasteiger partial charge in [-0.1, -0.05) is 23.2 Å². The van der Waals surface area contributed by atoms with Gasteiger partial charge in [-0.2, -0.15) is 0 Å². The van der Waals surface area contributed by atoms with Crippen LogP contribution in [0.15, 0.2) is 6.07 Å². The third-order valence-electron chi connectivity index (χ3n) is 2.14. The van der Waals surface area contributed by atoms with Gasteiger partial charge in [-0.25, -0.2) is 0 Å². The summed E-state index contributed by atoms with van der Waals surface area (Å²) in [6.07, 6.45) is 0. The summed E-state index contributed by atoms with van der Waals surface area (Å²) in [4.78, 5) is 24.0. The van der Waals surface area contributed by atoms with Crippen LogP contribution in [0.5, 0.6) is 0 Å². The zero-order valence-corrected chi connectivity index (χ0v) is 11.7. The Bertz CT molecular complexity index is 466. The van der Waals surface area contributed by atoms with Gasteiger partial charge in [-0.3, -0.25) is 9.59 Å². The second-order valence-electron chi connectivity index (χ2n) is 3.35. The van der Waals surface area contributed by atoms with Crippen LogP contribution < -0.4 is 4.90 Å². The molecule has 7 nitrogen and oxygen atoms in total. The molecule has 0 aliphatic rings. The first kappa shape index (κ1) is 15.5. The van der Waals surface area contributed by atoms with Crippen LogP contribution in [0.25, 0.3) is 0 Å². The highest BCUT2D eigenvalue weighted by Gasteiger charge is 2.20. The number of aromatic nitrogens is 2. The fraction of sp³-hybridized carbons (Fsp3) is 0.400. The van der Waals surface area contributed by atoms with Crippen molar-refractivity contribution in [3.8, 4) is 0 Å². The van der Waals surface area contributed by atoms with E-state index in [-0.39, 0.29) is 29.1 Å². The molecule has 1 aromatic rings. The Morgan fingerprint density at radius 3 is 2.16 bits per heavy atom. The number of hydrogen-bond donors (Lipinski definition) is 0. The molecular weight excluding hydrogens is 297 g/mol. The van der Waals surface area contributed by atoms with Crippen LogP contribution in [0.3, 0.4) is 0 Å². The summed E-state index contributed by atoms with van der Waals surface area (Å²) < 4.78 is 9.09. The van der Waals surface area contributed by atoms with Crippen molar-refractivity contribution in [3.05, 3.63) is 16.4 Å². The van der Waals surface area contributed by atoms with Gasteiger partial charge < -0.3 is 14.4 Å². The van der Waals surface area contributed by atoms with Crippen molar-refractivity contribution in [2.24, 2.45) is 0 Å². The van der Waals surface area contributed by atoms with Crippen LogP contribution >= 0.6 is 23.2 Å². The lowest BCUT2D eigenvalue weighted by Crippen LogP contribution is -2.36. The molecule has 0 unspecified atom stereocenters. The standard InChI is InChI=1S/C10H11Cl2N3O4/c1-18-8(16)4-15(5-9(17)19-2)6-3-7(11)13-14-10(6)12/h3H,4-5H2,1-2H3. The van der Waals surface area contributed by atoms with Gasteiger partial charge in [0.05, 0.1) is 19.9 Å². The molecule has 0 fully saturated rings. The van der Waals surface area contributed by atoms with Crippen LogP contribution in [-0.4, -0.2) is 49.4 Å². The normalized spacial score (nSPS) is 9.89. The van der Waals surface area contributed by atoms with Gasteiger partial charge >= 0.3 is 11.9 Å². The van der Waals surface area contributed by atoms with Gasteiger partial charge in [0.15, 0.2) is 10.3 Å². The summed E-state index contributed by atoms with van der Waals surface area (Å²) in [5, 5.41) is 7.24. The van der Waals surface area contributed by atoms with E-state index in [1.54, 1.807) is 0 Å². The van der Waals surface area contributed by atoms with Gasteiger partial charge in [-0.05, 0) is 0 Å². The topological polar surface area (TPSA) is 81.6 Å². The number of ether oxygens (including phenoxy) is 2. The molecule has 0 saturated carbocycles. The number of anilines is 1. The number of esters is 2. The third kappa shape index (κ3) is 4.53. The van der Waals surface area contributed by atoms with Gasteiger partial charge in [-0.15, -0.1) is 10.2 Å². The fourth-order valence-electron chi connectivity index (χ4n) is 1.23. The molecule has 0 aliphatic carbocycles. The maximum Gasteiger partial charge on any atom is 0.325 e. The van der Waals surface area contributed by atoms with Gasteiger partial charge in [0.25, 0.3) is 0 Å². The quantitative estimate of drug-likeness (QED) is 0.749. The van der Waals surface area contributed by atoms with E-state index in [0.29, 0.717) is 0 Å². The molecule has 0 N–H and O–H groups in total. The summed E-state index contributed by atoms with van der Waals surface area (Å²) in [5.74, 6) is -1.10. The molecule has 0 radical (unpaired) electrons. The van der Waals surface area contributed by atoms with E-state index < -0.39 is 11.9 Å². The number of hydrogen-bond acceptors (Lipinski definition) is 7. The van der Waals surface area contributed by atoms with Crippen LogP contribution in [-0.2, 0) is 19.1 Å². The molecule has 19 heavy (non-hydrogen) atoms. The molecule has 0 amide bonds. The van der Waals surface area contributed by atoms with Crippen LogP contribution in [0, 0.1) is 0 Å². The van der Waals surface area contributed by atoms with Crippen LogP contribution in [0.4, 0.5) is 5.69 Å². The van der Waals surface area contributed by atoms with E-state index in [4.69, 9.17) is 23.2 Å². The summed E-state index contributed by atoms with van der Waals surface area (Å²) in [7, 11) is 2.47. The number of carbonyl (C=O) groups excluding carboxylic acids is 2. The minimum absolute atomic E-state index is 0.0113. The molecule has 9 heteroatoms. The average molecular weight is 308 g/mol. The molecule has 1 aromatic heterocycles. The zero-order chi connectivity index (χ0) is 14.4. The molecule has 0 bridgehead atoms. The van der Waals surface area contributed by atoms with E-state index in [1.807, 2.05) is 0 Å². The molecule has 104 valence electrons. The molecule has 1 heterocycles. The summed E-state index contributed by atoms with van der Waals surface area (Å²) in [6.45, 7) is -0.402. The molecule has 0 spiro atoms. The third-order valence-corrected chi connectivity index (χ3v) is 2.59. The van der Waals surface area contributed by atoms with Crippen LogP contribution in [0.2, 0.25) is 10.3 Å². The Morgan fingerprint density at radius 2 is 1.68 bits per heavy atom. The highest BCUT2D eigenvalue weighted by Crippen LogP contribution is 2.25. The minimum atomic E-state index is -0.548. The summed E-state index contributed by atoms with van der Waals surface area (Å²) in [6, 6.07) is 1.39. The van der Waals surface area contributed by atoms with Crippen molar-refractivity contribution in [1.29, 1.82) is 0 Å². The van der Waals surface area contributed by atoms with Gasteiger partial charge in [0.1, 0.15) is 13.1 Å². The van der Waals surface area contributed by atoms with E-state index in [2.05, 4.69) is 19.7 Å². The highest BCUT2D eigenvalue weighted by atomic mass is 35.5. The number of carbonyl (C=O) groups is 2. The largest absolute Gasteiger partial charge is 0.468 e. The Labute approximate surface area is 119 Å². The Morgan fingerprint density at radius 1 is 1.16 bits per heavy atom. The van der Waals surface area contributed by atoms with Crippen molar-refractivity contribution >= 4 is 40.8 Å². The number of halogens is 2. The SMILES string of the molecule is COC(=O)CN(CC(=O)OC)c1cc(Cl)nnc1Cl. The van der Waals surface area contributed by atoms with Crippen molar-refractivity contribution in [2.75, 3.05) is 32.2 Å². The van der Waals surface area contributed by atoms with Gasteiger partial charge in [0, 0.05) is 6.07 Å². The van der Waals surface area contributed by atoms with Crippen molar-refractivity contribution in [2.45, 2.75) is 0 Å². The zero-order valence-electron chi connectivity index (χ0n) is 10.2. The van der Waals surface area contributed by atoms with Crippen molar-refractivity contribution < 1.29 is 19.1 Å². The molecule has 0 atom stereocenters. The first-order valence-corrected chi connectivity index (χ1v) is 5.80. The second kappa shape index (κ2) is 7.10. The monoisotopic (exact) mass is 307 g/mol. The lowest BCUT2D eigenvalue weighted by atomic mass is 10.3. The van der Waals surface area contributed by atoms with Crippen molar-refractivity contribution in [3.63, 3.8) is 0 Å². The van der Waals surface area contributed by atoms with E-state index in [9.17, 15) is 9.59 Å². The highest BCUT2D eigenvalue weighted by molar-refractivity contribution is 6.33. The van der Waals surface area contributed by atoms with Crippen LogP contribution in [0.1, 0.15) is 0 Å². The Kier molecular flexibility index (Phi) is 5.78. The minimum Gasteiger partial charge on any atom is -0.468 e. The number of methoxy groups -OCH3 is 2. The van der Waals surface area contributed by atoms with Crippen molar-refractivity contribution in [1.82, 2.24) is 10.2 Å². The molecule has 0 saturated heterocycles. The summed E-state index contributed by atoms with van der Waals surface area (Å²) >= 11 is 11.6. The maximum absolute atomic E-state index is 11.3. The Balaban J connectivity index is 3.03. The molecular formula is C10H11Cl2N3O4. The second-order valence-corrected chi connectivity index (χ2v) is 4.10. The summed E-state index contributed by atoms with van der Waals surface area (Å²) in [5.41, 5.74) is 0.289. The molecule has 1 rings (SSSR count).